The number of carbonyl (C=O) groups is 1. The number of thioether (sulfide) groups is 1. The van der Waals surface area contributed by atoms with E-state index in [1.54, 1.807) is 7.05 Å². The van der Waals surface area contributed by atoms with Crippen LogP contribution in [-0.2, 0) is 11.8 Å². The molecule has 0 aliphatic heterocycles. The molecule has 0 unspecified atom stereocenters. The molecule has 9 heteroatoms. The largest absolute Gasteiger partial charge is 0.325 e. The number of carbonyl (C=O) groups excluding carboxylic acids is 1. The highest BCUT2D eigenvalue weighted by Gasteiger charge is 2.16. The molecule has 4 rings (SSSR count). The van der Waals surface area contributed by atoms with Crippen molar-refractivity contribution in [3.63, 3.8) is 0 Å². The van der Waals surface area contributed by atoms with Gasteiger partial charge in [0, 0.05) is 12.7 Å². The number of aryl methyl sites for hydroxylation is 2. The number of benzene rings is 1. The minimum atomic E-state index is -0.122. The van der Waals surface area contributed by atoms with Crippen molar-refractivity contribution in [1.82, 2.24) is 19.2 Å². The number of aromatic nitrogens is 4. The molecule has 0 saturated heterocycles. The number of thiophene rings is 1. The summed E-state index contributed by atoms with van der Waals surface area (Å²) in [5, 5.41) is 13.6. The third kappa shape index (κ3) is 2.89. The monoisotopic (exact) mass is 385 g/mol. The van der Waals surface area contributed by atoms with Gasteiger partial charge in [0.05, 0.1) is 11.3 Å². The number of fused-ring (bicyclic) bond motifs is 3. The number of nitrogens with one attached hydrogen (secondary N) is 1. The second kappa shape index (κ2) is 6.58. The molecule has 1 N–H and O–H groups in total. The standard InChI is InChI=1S/C17H15N5O2S2/c1-10-4-3-5-11(8-10)18-13(23)9-26-17-20-19-16-21(2)15(24)14-12(22(16)17)6-7-25-14/h3-8H,9H2,1-2H3,(H,18,23). The minimum absolute atomic E-state index is 0.0939. The summed E-state index contributed by atoms with van der Waals surface area (Å²) >= 11 is 2.67. The predicted molar refractivity (Wildman–Crippen MR) is 104 cm³/mol. The number of hydrogen-bond acceptors (Lipinski definition) is 6. The summed E-state index contributed by atoms with van der Waals surface area (Å²) in [4.78, 5) is 24.6. The molecule has 4 aromatic rings. The first-order valence-corrected chi connectivity index (χ1v) is 9.72. The average Bonchev–Trinajstić information content (AvgIpc) is 3.24. The highest BCUT2D eigenvalue weighted by molar-refractivity contribution is 7.99. The second-order valence-electron chi connectivity index (χ2n) is 5.82. The molecule has 132 valence electrons. The second-order valence-corrected chi connectivity index (χ2v) is 7.68. The van der Waals surface area contributed by atoms with Crippen LogP contribution in [-0.4, -0.2) is 30.8 Å². The van der Waals surface area contributed by atoms with Crippen LogP contribution in [0.25, 0.3) is 16.0 Å². The lowest BCUT2D eigenvalue weighted by Crippen LogP contribution is -2.19. The van der Waals surface area contributed by atoms with Crippen molar-refractivity contribution in [2.75, 3.05) is 11.1 Å². The van der Waals surface area contributed by atoms with Crippen LogP contribution in [0.15, 0.2) is 45.7 Å². The number of hydrogen-bond donors (Lipinski definition) is 1. The number of rotatable bonds is 4. The SMILES string of the molecule is Cc1cccc(NC(=O)CSc2nnc3n(C)c(=O)c4sccc4n23)c1. The van der Waals surface area contributed by atoms with Gasteiger partial charge >= 0.3 is 0 Å². The van der Waals surface area contributed by atoms with E-state index in [0.29, 0.717) is 15.6 Å². The molecule has 0 radical (unpaired) electrons. The van der Waals surface area contributed by atoms with Crippen molar-refractivity contribution in [3.8, 4) is 0 Å². The summed E-state index contributed by atoms with van der Waals surface area (Å²) in [6.07, 6.45) is 0. The molecule has 0 bridgehead atoms. The molecule has 0 saturated carbocycles. The zero-order valence-corrected chi connectivity index (χ0v) is 15.7. The van der Waals surface area contributed by atoms with Gasteiger partial charge in [-0.1, -0.05) is 23.9 Å². The molecule has 0 fully saturated rings. The Labute approximate surface area is 156 Å². The van der Waals surface area contributed by atoms with Crippen molar-refractivity contribution < 1.29 is 4.79 Å². The fourth-order valence-corrected chi connectivity index (χ4v) is 4.31. The van der Waals surface area contributed by atoms with Crippen LogP contribution in [0.3, 0.4) is 0 Å². The maximum atomic E-state index is 12.3. The molecule has 26 heavy (non-hydrogen) atoms. The summed E-state index contributed by atoms with van der Waals surface area (Å²) in [6, 6.07) is 9.52. The molecule has 1 aromatic carbocycles. The van der Waals surface area contributed by atoms with Crippen LogP contribution in [0.4, 0.5) is 5.69 Å². The average molecular weight is 385 g/mol. The van der Waals surface area contributed by atoms with E-state index in [1.165, 1.54) is 27.7 Å². The molecule has 3 aromatic heterocycles. The van der Waals surface area contributed by atoms with E-state index < -0.39 is 0 Å². The lowest BCUT2D eigenvalue weighted by molar-refractivity contribution is -0.113. The summed E-state index contributed by atoms with van der Waals surface area (Å²) in [5.41, 5.74) is 2.52. The van der Waals surface area contributed by atoms with E-state index in [1.807, 2.05) is 47.0 Å². The fourth-order valence-electron chi connectivity index (χ4n) is 2.72. The maximum Gasteiger partial charge on any atom is 0.272 e. The third-order valence-corrected chi connectivity index (χ3v) is 5.76. The predicted octanol–water partition coefficient (Wildman–Crippen LogP) is 2.68. The number of amides is 1. The topological polar surface area (TPSA) is 81.3 Å². The Morgan fingerprint density at radius 3 is 2.96 bits per heavy atom. The first-order valence-electron chi connectivity index (χ1n) is 7.85. The van der Waals surface area contributed by atoms with Crippen molar-refractivity contribution in [2.24, 2.45) is 7.05 Å². The molecule has 7 nitrogen and oxygen atoms in total. The smallest absolute Gasteiger partial charge is 0.272 e. The van der Waals surface area contributed by atoms with Gasteiger partial charge in [0.2, 0.25) is 11.7 Å². The van der Waals surface area contributed by atoms with Gasteiger partial charge in [0.1, 0.15) is 4.70 Å². The van der Waals surface area contributed by atoms with Gasteiger partial charge in [0.25, 0.3) is 5.56 Å². The molecule has 1 amide bonds. The number of nitrogens with zero attached hydrogens (tertiary/aromatic N) is 4. The first kappa shape index (κ1) is 16.8. The summed E-state index contributed by atoms with van der Waals surface area (Å²) in [5.74, 6) is 0.537. The Hall–Kier alpha value is -2.65. The molecule has 0 spiro atoms. The van der Waals surface area contributed by atoms with Gasteiger partial charge in [-0.05, 0) is 36.1 Å². The van der Waals surface area contributed by atoms with Crippen molar-refractivity contribution >= 4 is 50.7 Å². The van der Waals surface area contributed by atoms with Crippen LogP contribution >= 0.6 is 23.1 Å². The maximum absolute atomic E-state index is 12.3. The Bertz CT molecular complexity index is 1190. The van der Waals surface area contributed by atoms with Crippen LogP contribution in [0.5, 0.6) is 0 Å². The quantitative estimate of drug-likeness (QED) is 0.546. The van der Waals surface area contributed by atoms with Gasteiger partial charge in [-0.15, -0.1) is 21.5 Å². The van der Waals surface area contributed by atoms with Crippen molar-refractivity contribution in [2.45, 2.75) is 12.1 Å². The van der Waals surface area contributed by atoms with Gasteiger partial charge in [-0.2, -0.15) is 0 Å². The van der Waals surface area contributed by atoms with Crippen LogP contribution < -0.4 is 10.9 Å². The highest BCUT2D eigenvalue weighted by atomic mass is 32.2. The first-order chi connectivity index (χ1) is 12.5. The van der Waals surface area contributed by atoms with E-state index >= 15 is 0 Å². The Kier molecular flexibility index (Phi) is 4.25. The third-order valence-electron chi connectivity index (χ3n) is 3.93. The molecule has 3 heterocycles. The minimum Gasteiger partial charge on any atom is -0.325 e. The Morgan fingerprint density at radius 1 is 1.31 bits per heavy atom. The molecule has 0 aliphatic rings. The lowest BCUT2D eigenvalue weighted by Gasteiger charge is -2.06. The van der Waals surface area contributed by atoms with Gasteiger partial charge in [-0.25, -0.2) is 0 Å². The Balaban J connectivity index is 1.60. The zero-order valence-electron chi connectivity index (χ0n) is 14.1. The summed E-state index contributed by atoms with van der Waals surface area (Å²) in [6.45, 7) is 1.98. The Morgan fingerprint density at radius 2 is 2.15 bits per heavy atom. The molecular formula is C17H15N5O2S2. The zero-order chi connectivity index (χ0) is 18.3. The summed E-state index contributed by atoms with van der Waals surface area (Å²) in [7, 11) is 1.67. The van der Waals surface area contributed by atoms with Crippen molar-refractivity contribution in [1.29, 1.82) is 0 Å². The fraction of sp³-hybridized carbons (Fsp3) is 0.176. The van der Waals surface area contributed by atoms with E-state index in [-0.39, 0.29) is 17.2 Å². The van der Waals surface area contributed by atoms with Crippen LogP contribution in [0.1, 0.15) is 5.56 Å². The van der Waals surface area contributed by atoms with E-state index in [4.69, 9.17) is 0 Å². The highest BCUT2D eigenvalue weighted by Crippen LogP contribution is 2.24. The lowest BCUT2D eigenvalue weighted by atomic mass is 10.2. The summed E-state index contributed by atoms with van der Waals surface area (Å²) < 4.78 is 3.94. The van der Waals surface area contributed by atoms with E-state index in [0.717, 1.165) is 16.8 Å². The van der Waals surface area contributed by atoms with Crippen LogP contribution in [0, 0.1) is 6.92 Å². The molecular weight excluding hydrogens is 370 g/mol. The van der Waals surface area contributed by atoms with Gasteiger partial charge in [-0.3, -0.25) is 18.6 Å². The van der Waals surface area contributed by atoms with Gasteiger partial charge < -0.3 is 5.32 Å². The van der Waals surface area contributed by atoms with E-state index in [9.17, 15) is 9.59 Å². The van der Waals surface area contributed by atoms with Gasteiger partial charge in [0.15, 0.2) is 5.16 Å². The normalized spacial score (nSPS) is 11.3. The van der Waals surface area contributed by atoms with Crippen LogP contribution in [0.2, 0.25) is 0 Å². The molecule has 0 atom stereocenters. The van der Waals surface area contributed by atoms with E-state index in [2.05, 4.69) is 15.5 Å². The number of anilines is 1. The van der Waals surface area contributed by atoms with Crippen molar-refractivity contribution in [3.05, 3.63) is 51.6 Å². The molecule has 0 aliphatic carbocycles.